The van der Waals surface area contributed by atoms with Crippen molar-refractivity contribution in [3.05, 3.63) is 63.7 Å². The molecule has 2 N–H and O–H groups in total. The molecule has 0 spiro atoms. The minimum atomic E-state index is 0.727. The summed E-state index contributed by atoms with van der Waals surface area (Å²) >= 11 is 9.45. The largest absolute Gasteiger partial charge is 0.380 e. The highest BCUT2D eigenvalue weighted by Crippen LogP contribution is 2.27. The van der Waals surface area contributed by atoms with Gasteiger partial charge in [0.05, 0.1) is 0 Å². The van der Waals surface area contributed by atoms with E-state index < -0.39 is 0 Å². The number of halogens is 2. The smallest absolute Gasteiger partial charge is 0.0488 e. The Morgan fingerprint density at radius 2 is 2.05 bits per heavy atom. The van der Waals surface area contributed by atoms with E-state index in [4.69, 9.17) is 11.6 Å². The molecule has 1 heterocycles. The van der Waals surface area contributed by atoms with Gasteiger partial charge in [-0.15, -0.1) is 0 Å². The fourth-order valence-electron chi connectivity index (χ4n) is 2.13. The van der Waals surface area contributed by atoms with Gasteiger partial charge in [0.15, 0.2) is 0 Å². The summed E-state index contributed by atoms with van der Waals surface area (Å²) in [4.78, 5) is 3.22. The van der Waals surface area contributed by atoms with Crippen molar-refractivity contribution < 1.29 is 0 Å². The minimum absolute atomic E-state index is 0.727. The number of benzene rings is 2. The van der Waals surface area contributed by atoms with Gasteiger partial charge in [0, 0.05) is 38.8 Å². The Balaban J connectivity index is 1.84. The van der Waals surface area contributed by atoms with Gasteiger partial charge in [-0.1, -0.05) is 23.7 Å². The third-order valence-electron chi connectivity index (χ3n) is 3.09. The van der Waals surface area contributed by atoms with Crippen LogP contribution in [-0.2, 0) is 6.54 Å². The van der Waals surface area contributed by atoms with Gasteiger partial charge in [-0.2, -0.15) is 0 Å². The van der Waals surface area contributed by atoms with Crippen LogP contribution in [0.4, 0.5) is 5.69 Å². The van der Waals surface area contributed by atoms with Crippen LogP contribution in [0.2, 0.25) is 5.02 Å². The van der Waals surface area contributed by atoms with Gasteiger partial charge in [0.1, 0.15) is 0 Å². The SMILES string of the molecule is Clc1ccc(NCc2cccc3[nH]ccc23)c(Br)c1. The van der Waals surface area contributed by atoms with Crippen LogP contribution in [0.25, 0.3) is 10.9 Å². The third kappa shape index (κ3) is 2.62. The average molecular weight is 336 g/mol. The highest BCUT2D eigenvalue weighted by atomic mass is 79.9. The Morgan fingerprint density at radius 1 is 1.16 bits per heavy atom. The van der Waals surface area contributed by atoms with E-state index in [0.29, 0.717) is 0 Å². The second kappa shape index (κ2) is 5.27. The van der Waals surface area contributed by atoms with Crippen molar-refractivity contribution in [2.45, 2.75) is 6.54 Å². The molecular formula is C15H12BrClN2. The van der Waals surface area contributed by atoms with Gasteiger partial charge in [-0.25, -0.2) is 0 Å². The molecule has 19 heavy (non-hydrogen) atoms. The zero-order valence-corrected chi connectivity index (χ0v) is 12.4. The zero-order valence-electron chi connectivity index (χ0n) is 10.1. The third-order valence-corrected chi connectivity index (χ3v) is 3.98. The molecule has 96 valence electrons. The van der Waals surface area contributed by atoms with Crippen molar-refractivity contribution in [2.24, 2.45) is 0 Å². The summed E-state index contributed by atoms with van der Waals surface area (Å²) < 4.78 is 0.973. The Kier molecular flexibility index (Phi) is 3.49. The molecule has 0 aliphatic heterocycles. The van der Waals surface area contributed by atoms with Crippen molar-refractivity contribution in [2.75, 3.05) is 5.32 Å². The van der Waals surface area contributed by atoms with Crippen LogP contribution in [0.5, 0.6) is 0 Å². The Labute approximate surface area is 124 Å². The molecule has 0 bridgehead atoms. The van der Waals surface area contributed by atoms with E-state index in [2.05, 4.69) is 50.5 Å². The average Bonchev–Trinajstić information content (AvgIpc) is 2.86. The molecule has 3 aromatic rings. The minimum Gasteiger partial charge on any atom is -0.380 e. The summed E-state index contributed by atoms with van der Waals surface area (Å²) in [5.74, 6) is 0. The number of rotatable bonds is 3. The quantitative estimate of drug-likeness (QED) is 0.677. The lowest BCUT2D eigenvalue weighted by Gasteiger charge is -2.10. The molecule has 0 unspecified atom stereocenters. The van der Waals surface area contributed by atoms with Crippen LogP contribution in [-0.4, -0.2) is 4.98 Å². The highest BCUT2D eigenvalue weighted by Gasteiger charge is 2.03. The van der Waals surface area contributed by atoms with Gasteiger partial charge >= 0.3 is 0 Å². The molecule has 0 aliphatic carbocycles. The molecule has 2 nitrogen and oxygen atoms in total. The monoisotopic (exact) mass is 334 g/mol. The van der Waals surface area contributed by atoms with Crippen molar-refractivity contribution in [1.82, 2.24) is 4.98 Å². The van der Waals surface area contributed by atoms with Crippen molar-refractivity contribution >= 4 is 44.1 Å². The molecular weight excluding hydrogens is 324 g/mol. The number of hydrogen-bond donors (Lipinski definition) is 2. The van der Waals surface area contributed by atoms with E-state index >= 15 is 0 Å². The van der Waals surface area contributed by atoms with Crippen molar-refractivity contribution in [3.8, 4) is 0 Å². The van der Waals surface area contributed by atoms with Crippen LogP contribution < -0.4 is 5.32 Å². The second-order valence-electron chi connectivity index (χ2n) is 4.33. The predicted molar refractivity (Wildman–Crippen MR) is 84.8 cm³/mol. The van der Waals surface area contributed by atoms with Crippen LogP contribution >= 0.6 is 27.5 Å². The molecule has 0 amide bonds. The van der Waals surface area contributed by atoms with Crippen molar-refractivity contribution in [1.29, 1.82) is 0 Å². The fraction of sp³-hybridized carbons (Fsp3) is 0.0667. The summed E-state index contributed by atoms with van der Waals surface area (Å²) in [5.41, 5.74) is 3.46. The van der Waals surface area contributed by atoms with Gasteiger partial charge in [-0.3, -0.25) is 0 Å². The number of aromatic nitrogens is 1. The summed E-state index contributed by atoms with van der Waals surface area (Å²) in [5, 5.41) is 5.40. The highest BCUT2D eigenvalue weighted by molar-refractivity contribution is 9.10. The summed E-state index contributed by atoms with van der Waals surface area (Å²) in [6.45, 7) is 0.773. The normalized spacial score (nSPS) is 10.8. The summed E-state index contributed by atoms with van der Waals surface area (Å²) in [6, 6.07) is 14.1. The molecule has 4 heteroatoms. The number of nitrogens with one attached hydrogen (secondary N) is 2. The van der Waals surface area contributed by atoms with Gasteiger partial charge in [0.25, 0.3) is 0 Å². The van der Waals surface area contributed by atoms with E-state index in [1.807, 2.05) is 24.4 Å². The Hall–Kier alpha value is -1.45. The van der Waals surface area contributed by atoms with E-state index in [0.717, 1.165) is 27.2 Å². The maximum atomic E-state index is 5.94. The lowest BCUT2D eigenvalue weighted by Crippen LogP contribution is -2.00. The number of aromatic amines is 1. The van der Waals surface area contributed by atoms with Gasteiger partial charge in [-0.05, 0) is 51.8 Å². The van der Waals surface area contributed by atoms with Crippen LogP contribution in [0.3, 0.4) is 0 Å². The van der Waals surface area contributed by atoms with E-state index in [-0.39, 0.29) is 0 Å². The first-order valence-electron chi connectivity index (χ1n) is 5.98. The lowest BCUT2D eigenvalue weighted by molar-refractivity contribution is 1.16. The first-order chi connectivity index (χ1) is 9.24. The first-order valence-corrected chi connectivity index (χ1v) is 7.15. The zero-order chi connectivity index (χ0) is 13.2. The van der Waals surface area contributed by atoms with Crippen LogP contribution in [0.1, 0.15) is 5.56 Å². The summed E-state index contributed by atoms with van der Waals surface area (Å²) in [6.07, 6.45) is 1.96. The maximum absolute atomic E-state index is 5.94. The lowest BCUT2D eigenvalue weighted by atomic mass is 10.1. The molecule has 3 rings (SSSR count). The molecule has 2 aromatic carbocycles. The molecule has 0 radical (unpaired) electrons. The van der Waals surface area contributed by atoms with E-state index in [9.17, 15) is 0 Å². The molecule has 0 saturated carbocycles. The maximum Gasteiger partial charge on any atom is 0.0488 e. The topological polar surface area (TPSA) is 27.8 Å². The Bertz CT molecular complexity index is 721. The number of hydrogen-bond acceptors (Lipinski definition) is 1. The number of H-pyrrole nitrogens is 1. The first kappa shape index (κ1) is 12.6. The van der Waals surface area contributed by atoms with Gasteiger partial charge < -0.3 is 10.3 Å². The van der Waals surface area contributed by atoms with Gasteiger partial charge in [0.2, 0.25) is 0 Å². The predicted octanol–water partition coefficient (Wildman–Crippen LogP) is 5.20. The molecule has 1 aromatic heterocycles. The number of fused-ring (bicyclic) bond motifs is 1. The van der Waals surface area contributed by atoms with Crippen molar-refractivity contribution in [3.63, 3.8) is 0 Å². The summed E-state index contributed by atoms with van der Waals surface area (Å²) in [7, 11) is 0. The molecule has 0 atom stereocenters. The molecule has 0 saturated heterocycles. The molecule has 0 aliphatic rings. The molecule has 0 fully saturated rings. The van der Waals surface area contributed by atoms with Crippen LogP contribution in [0, 0.1) is 0 Å². The number of anilines is 1. The fourth-order valence-corrected chi connectivity index (χ4v) is 2.95. The Morgan fingerprint density at radius 3 is 2.89 bits per heavy atom. The second-order valence-corrected chi connectivity index (χ2v) is 5.62. The van der Waals surface area contributed by atoms with E-state index in [1.165, 1.54) is 10.9 Å². The van der Waals surface area contributed by atoms with E-state index in [1.54, 1.807) is 0 Å². The standard InChI is InChI=1S/C15H12BrClN2/c16-13-8-11(17)4-5-15(13)19-9-10-2-1-3-14-12(10)6-7-18-14/h1-8,18-19H,9H2. The van der Waals surface area contributed by atoms with Crippen LogP contribution in [0.15, 0.2) is 53.1 Å².